The molecule has 17 aromatic rings. The number of hydrogen-bond donors (Lipinski definition) is 0. The van der Waals surface area contributed by atoms with Crippen molar-refractivity contribution in [3.63, 3.8) is 0 Å². The van der Waals surface area contributed by atoms with E-state index in [-0.39, 0.29) is 0 Å². The Kier molecular flexibility index (Phi) is 14.2. The number of benzene rings is 14. The van der Waals surface area contributed by atoms with Crippen LogP contribution in [-0.2, 0) is 0 Å². The predicted octanol–water partition coefficient (Wildman–Crippen LogP) is 16.1. The molecule has 0 aliphatic rings. The first-order chi connectivity index (χ1) is 46.6. The van der Waals surface area contributed by atoms with E-state index in [1.165, 1.54) is 69.3 Å². The summed E-state index contributed by atoms with van der Waals surface area (Å²) in [6.45, 7) is 0. The van der Waals surface area contributed by atoms with Crippen LogP contribution >= 0.6 is 0 Å². The minimum atomic E-state index is -3.41. The fraction of sp³-hybridized carbons (Fsp3) is 0. The second-order valence-corrected chi connectivity index (χ2v) is 32.0. The van der Waals surface area contributed by atoms with Gasteiger partial charge >= 0.3 is 0 Å². The molecule has 0 bridgehead atoms. The van der Waals surface area contributed by atoms with E-state index in [0.29, 0.717) is 5.82 Å². The highest BCUT2D eigenvalue weighted by molar-refractivity contribution is 7.22. The summed E-state index contributed by atoms with van der Waals surface area (Å²) in [4.78, 5) is 12.1. The average molecular weight is 1230 g/mol. The summed E-state index contributed by atoms with van der Waals surface area (Å²) >= 11 is 0. The molecule has 0 N–H and O–H groups in total. The molecule has 3 heterocycles. The quantitative estimate of drug-likeness (QED) is 0.0803. The van der Waals surface area contributed by atoms with Crippen molar-refractivity contribution in [1.82, 2.24) is 19.1 Å². The zero-order valence-electron chi connectivity index (χ0n) is 51.6. The van der Waals surface area contributed by atoms with Gasteiger partial charge in [-0.05, 0) is 105 Å². The molecule has 0 saturated carbocycles. The molecule has 0 aliphatic carbocycles. The molecule has 0 radical (unpaired) electrons. The van der Waals surface area contributed by atoms with Crippen LogP contribution in [0.5, 0.6) is 0 Å². The monoisotopic (exact) mass is 1230 g/mol. The lowest BCUT2D eigenvalue weighted by Crippen LogP contribution is -2.78. The van der Waals surface area contributed by atoms with E-state index < -0.39 is 16.1 Å². The van der Waals surface area contributed by atoms with Crippen LogP contribution in [0.3, 0.4) is 0 Å². The van der Waals surface area contributed by atoms with Gasteiger partial charge in [-0.1, -0.05) is 340 Å². The van der Waals surface area contributed by atoms with Crippen LogP contribution in [0.25, 0.3) is 100 Å². The van der Waals surface area contributed by atoms with Crippen molar-refractivity contribution in [1.29, 1.82) is 0 Å². The first-order valence-electron chi connectivity index (χ1n) is 32.3. The molecule has 94 heavy (non-hydrogen) atoms. The second kappa shape index (κ2) is 23.8. The fourth-order valence-corrected chi connectivity index (χ4v) is 24.7. The lowest BCUT2D eigenvalue weighted by molar-refractivity contribution is 0.994. The third kappa shape index (κ3) is 9.49. The summed E-state index contributed by atoms with van der Waals surface area (Å²) in [5, 5.41) is 14.7. The van der Waals surface area contributed by atoms with Crippen LogP contribution in [0, 0.1) is 0 Å². The van der Waals surface area contributed by atoms with Crippen molar-refractivity contribution in [3.05, 3.63) is 376 Å². The van der Waals surface area contributed by atoms with Gasteiger partial charge < -0.3 is 0 Å². The number of rotatable bonds is 14. The summed E-state index contributed by atoms with van der Waals surface area (Å²) in [7, 11) is -6.82. The molecule has 14 aromatic carbocycles. The summed E-state index contributed by atoms with van der Waals surface area (Å²) < 4.78 is 4.73. The molecular formula is C88H62N4Si2. The van der Waals surface area contributed by atoms with Gasteiger partial charge in [0, 0.05) is 33.2 Å². The highest BCUT2D eigenvalue weighted by Crippen LogP contribution is 2.38. The van der Waals surface area contributed by atoms with E-state index in [9.17, 15) is 0 Å². The van der Waals surface area contributed by atoms with E-state index in [2.05, 4.69) is 385 Å². The third-order valence-electron chi connectivity index (χ3n) is 19.3. The maximum absolute atomic E-state index is 6.04. The first-order valence-corrected chi connectivity index (χ1v) is 36.3. The van der Waals surface area contributed by atoms with Crippen molar-refractivity contribution >= 4 is 101 Å². The molecule has 4 nitrogen and oxygen atoms in total. The Labute approximate surface area is 549 Å². The number of para-hydroxylation sites is 3. The minimum absolute atomic E-state index is 0.621. The Balaban J connectivity index is 1.03. The molecule has 3 aromatic heterocycles. The van der Waals surface area contributed by atoms with Gasteiger partial charge in [0.25, 0.3) is 0 Å². The normalized spacial score (nSPS) is 11.8. The van der Waals surface area contributed by atoms with Crippen LogP contribution in [0.1, 0.15) is 0 Å². The van der Waals surface area contributed by atoms with E-state index in [0.717, 1.165) is 66.4 Å². The molecule has 0 aliphatic heterocycles. The Morgan fingerprint density at radius 3 is 0.830 bits per heavy atom. The van der Waals surface area contributed by atoms with Crippen LogP contribution in [0.4, 0.5) is 0 Å². The maximum Gasteiger partial charge on any atom is 0.179 e. The van der Waals surface area contributed by atoms with Crippen LogP contribution < -0.4 is 41.5 Å². The summed E-state index contributed by atoms with van der Waals surface area (Å²) in [5.74, 6) is 2.16. The lowest BCUT2D eigenvalue weighted by Gasteiger charge is -2.38. The van der Waals surface area contributed by atoms with Gasteiger partial charge in [0.1, 0.15) is 11.6 Å². The van der Waals surface area contributed by atoms with Crippen molar-refractivity contribution in [2.45, 2.75) is 0 Å². The SMILES string of the molecule is c1ccc(-c2ccc([Si](c3ccccc3)(c3ccccc3)c3cc(-c4nc(-n5c6ccccc6c6ccccc65)cc(-n5c6ccccc6c6cc(-c7ccccc7)ccc65)n4)cc([Si](c4ccccc4)(c4ccccc4)c4ccc(-c5ccccc5)cc4)c3)cc2)cc1. The molecule has 17 rings (SSSR count). The van der Waals surface area contributed by atoms with Crippen LogP contribution in [0.2, 0.25) is 0 Å². The van der Waals surface area contributed by atoms with Gasteiger partial charge in [-0.2, -0.15) is 0 Å². The average Bonchev–Trinajstić information content (AvgIpc) is 1.04. The highest BCUT2D eigenvalue weighted by atomic mass is 28.3. The molecule has 6 heteroatoms. The van der Waals surface area contributed by atoms with Crippen LogP contribution in [0.15, 0.2) is 376 Å². The van der Waals surface area contributed by atoms with Gasteiger partial charge in [-0.25, -0.2) is 9.97 Å². The molecule has 0 spiro atoms. The lowest BCUT2D eigenvalue weighted by atomic mass is 10.0. The molecule has 0 unspecified atom stereocenters. The fourth-order valence-electron chi connectivity index (χ4n) is 15.0. The van der Waals surface area contributed by atoms with Crippen molar-refractivity contribution < 1.29 is 0 Å². The topological polar surface area (TPSA) is 35.6 Å². The molecule has 0 fully saturated rings. The van der Waals surface area contributed by atoms with Crippen molar-refractivity contribution in [3.8, 4) is 56.4 Å². The van der Waals surface area contributed by atoms with Gasteiger partial charge in [-0.3, -0.25) is 9.13 Å². The largest absolute Gasteiger partial charge is 0.294 e. The first kappa shape index (κ1) is 56.2. The number of hydrogen-bond acceptors (Lipinski definition) is 2. The molecule has 0 atom stereocenters. The zero-order valence-corrected chi connectivity index (χ0v) is 53.6. The van der Waals surface area contributed by atoms with E-state index >= 15 is 0 Å². The number of fused-ring (bicyclic) bond motifs is 6. The molecule has 0 amide bonds. The Morgan fingerprint density at radius 1 is 0.181 bits per heavy atom. The smallest absolute Gasteiger partial charge is 0.179 e. The number of aromatic nitrogens is 4. The van der Waals surface area contributed by atoms with Crippen molar-refractivity contribution in [2.24, 2.45) is 0 Å². The highest BCUT2D eigenvalue weighted by Gasteiger charge is 2.46. The van der Waals surface area contributed by atoms with Gasteiger partial charge in [0.05, 0.1) is 22.1 Å². The van der Waals surface area contributed by atoms with Gasteiger partial charge in [0.15, 0.2) is 22.0 Å². The van der Waals surface area contributed by atoms with Crippen molar-refractivity contribution in [2.75, 3.05) is 0 Å². The Hall–Kier alpha value is -11.8. The third-order valence-corrected chi connectivity index (χ3v) is 28.8. The summed E-state index contributed by atoms with van der Waals surface area (Å²) in [6.07, 6.45) is 0. The zero-order chi connectivity index (χ0) is 62.4. The second-order valence-electron chi connectivity index (χ2n) is 24.4. The van der Waals surface area contributed by atoms with E-state index in [1.807, 2.05) is 0 Å². The standard InChI is InChI=1S/C88H62N4Si2/c1-8-28-63(29-9-1)66-48-53-74(54-49-66)93(70-34-14-4-15-35-70,71-36-16-5-17-37-71)76-58-69(59-77(61-76)94(72-38-18-6-19-39-72,73-40-20-7-21-41-73)75-55-50-67(51-56-75)64-30-10-2-11-31-64)88-89-86(91-82-45-25-22-42-78(82)79-43-23-26-46-83(79)91)62-87(90-88)92-84-47-27-24-44-80(84)81-60-68(52-57-85(81)92)65-32-12-3-13-33-65/h1-62H. The molecule has 442 valence electrons. The van der Waals surface area contributed by atoms with E-state index in [1.54, 1.807) is 0 Å². The summed E-state index contributed by atoms with van der Waals surface area (Å²) in [5.41, 5.74) is 12.2. The van der Waals surface area contributed by atoms with E-state index in [4.69, 9.17) is 9.97 Å². The maximum atomic E-state index is 6.04. The number of nitrogens with zero attached hydrogens (tertiary/aromatic N) is 4. The van der Waals surface area contributed by atoms with Crippen LogP contribution in [-0.4, -0.2) is 35.2 Å². The van der Waals surface area contributed by atoms with Gasteiger partial charge in [-0.15, -0.1) is 0 Å². The predicted molar refractivity (Wildman–Crippen MR) is 400 cm³/mol. The van der Waals surface area contributed by atoms with Gasteiger partial charge in [0.2, 0.25) is 0 Å². The Morgan fingerprint density at radius 2 is 0.457 bits per heavy atom. The summed E-state index contributed by atoms with van der Waals surface area (Å²) in [6, 6.07) is 140. The minimum Gasteiger partial charge on any atom is -0.294 e. The molecular weight excluding hydrogens is 1170 g/mol. The Bertz CT molecular complexity index is 5250. The molecule has 0 saturated heterocycles.